The quantitative estimate of drug-likeness (QED) is 0.685. The summed E-state index contributed by atoms with van der Waals surface area (Å²) in [6, 6.07) is 5.29. The van der Waals surface area contributed by atoms with E-state index in [9.17, 15) is 22.7 Å². The number of amides is 2. The van der Waals surface area contributed by atoms with Gasteiger partial charge >= 0.3 is 6.03 Å². The lowest BCUT2D eigenvalue weighted by Gasteiger charge is -2.26. The van der Waals surface area contributed by atoms with Gasteiger partial charge in [0.25, 0.3) is 0 Å². The predicted molar refractivity (Wildman–Crippen MR) is 96.8 cm³/mol. The Morgan fingerprint density at radius 1 is 1.36 bits per heavy atom. The standard InChI is InChI=1S/C16H23FN2O4S2/c1-19(14-10-25(22,23)11-15(14)20)16(21)18-7-2-8-24-9-12-3-5-13(17)6-4-12/h3-6,14-15,20H,2,7-11H2,1H3,(H,18,21). The second-order valence-corrected chi connectivity index (χ2v) is 9.35. The maximum absolute atomic E-state index is 12.8. The Labute approximate surface area is 151 Å². The van der Waals surface area contributed by atoms with Gasteiger partial charge in [-0.25, -0.2) is 17.6 Å². The third-order valence-electron chi connectivity index (χ3n) is 4.04. The molecule has 1 heterocycles. The average Bonchev–Trinajstić information content (AvgIpc) is 2.84. The van der Waals surface area contributed by atoms with E-state index in [1.54, 1.807) is 23.9 Å². The molecule has 0 spiro atoms. The maximum Gasteiger partial charge on any atom is 0.317 e. The van der Waals surface area contributed by atoms with Gasteiger partial charge in [0.05, 0.1) is 23.7 Å². The molecule has 140 valence electrons. The number of benzene rings is 1. The van der Waals surface area contributed by atoms with E-state index in [1.165, 1.54) is 24.1 Å². The van der Waals surface area contributed by atoms with Crippen LogP contribution in [0.3, 0.4) is 0 Å². The molecule has 2 amide bonds. The summed E-state index contributed by atoms with van der Waals surface area (Å²) < 4.78 is 35.8. The Balaban J connectivity index is 1.62. The molecule has 1 aromatic rings. The summed E-state index contributed by atoms with van der Waals surface area (Å²) in [5.41, 5.74) is 1.05. The molecule has 2 unspecified atom stereocenters. The van der Waals surface area contributed by atoms with Crippen molar-refractivity contribution in [2.24, 2.45) is 0 Å². The number of aliphatic hydroxyl groups is 1. The number of thioether (sulfide) groups is 1. The van der Waals surface area contributed by atoms with Crippen LogP contribution in [0.15, 0.2) is 24.3 Å². The van der Waals surface area contributed by atoms with Gasteiger partial charge in [0.15, 0.2) is 9.84 Å². The molecule has 2 atom stereocenters. The Morgan fingerprint density at radius 2 is 2.04 bits per heavy atom. The van der Waals surface area contributed by atoms with Crippen LogP contribution in [0.5, 0.6) is 0 Å². The van der Waals surface area contributed by atoms with E-state index < -0.39 is 22.0 Å². The topological polar surface area (TPSA) is 86.7 Å². The number of halogens is 1. The second kappa shape index (κ2) is 8.86. The zero-order chi connectivity index (χ0) is 18.4. The molecule has 0 aliphatic carbocycles. The molecule has 1 aromatic carbocycles. The van der Waals surface area contributed by atoms with E-state index in [2.05, 4.69) is 5.32 Å². The molecule has 2 rings (SSSR count). The summed E-state index contributed by atoms with van der Waals surface area (Å²) >= 11 is 1.69. The van der Waals surface area contributed by atoms with Crippen LogP contribution in [0.25, 0.3) is 0 Å². The first-order valence-corrected chi connectivity index (χ1v) is 11.0. The van der Waals surface area contributed by atoms with E-state index in [4.69, 9.17) is 0 Å². The molecule has 1 fully saturated rings. The van der Waals surface area contributed by atoms with Crippen molar-refractivity contribution in [3.8, 4) is 0 Å². The van der Waals surface area contributed by atoms with Crippen molar-refractivity contribution in [3.63, 3.8) is 0 Å². The van der Waals surface area contributed by atoms with Crippen LogP contribution in [0.4, 0.5) is 9.18 Å². The van der Waals surface area contributed by atoms with Crippen molar-refractivity contribution in [2.45, 2.75) is 24.3 Å². The Kier molecular flexibility index (Phi) is 7.09. The van der Waals surface area contributed by atoms with Gasteiger partial charge in [0.2, 0.25) is 0 Å². The third kappa shape index (κ3) is 6.16. The molecule has 6 nitrogen and oxygen atoms in total. The van der Waals surface area contributed by atoms with Gasteiger partial charge in [0.1, 0.15) is 5.82 Å². The maximum atomic E-state index is 12.8. The van der Waals surface area contributed by atoms with Crippen molar-refractivity contribution >= 4 is 27.6 Å². The summed E-state index contributed by atoms with van der Waals surface area (Å²) in [7, 11) is -1.79. The molecule has 9 heteroatoms. The number of aliphatic hydroxyl groups excluding tert-OH is 1. The highest BCUT2D eigenvalue weighted by molar-refractivity contribution is 7.98. The van der Waals surface area contributed by atoms with Crippen LogP contribution in [0.1, 0.15) is 12.0 Å². The number of urea groups is 1. The van der Waals surface area contributed by atoms with Gasteiger partial charge in [-0.2, -0.15) is 11.8 Å². The number of carbonyl (C=O) groups is 1. The molecule has 1 saturated heterocycles. The molecule has 0 saturated carbocycles. The number of nitrogens with one attached hydrogen (secondary N) is 1. The van der Waals surface area contributed by atoms with E-state index >= 15 is 0 Å². The van der Waals surface area contributed by atoms with Gasteiger partial charge in [-0.05, 0) is 29.9 Å². The van der Waals surface area contributed by atoms with E-state index in [1.807, 2.05) is 0 Å². The first kappa shape index (κ1) is 20.0. The zero-order valence-corrected chi connectivity index (χ0v) is 15.7. The summed E-state index contributed by atoms with van der Waals surface area (Å²) in [6.07, 6.45) is -0.274. The van der Waals surface area contributed by atoms with Gasteiger partial charge < -0.3 is 15.3 Å². The van der Waals surface area contributed by atoms with Crippen LogP contribution in [-0.2, 0) is 15.6 Å². The number of likely N-dealkylation sites (N-methyl/N-ethyl adjacent to an activating group) is 1. The van der Waals surface area contributed by atoms with Gasteiger partial charge in [-0.15, -0.1) is 0 Å². The van der Waals surface area contributed by atoms with Crippen LogP contribution >= 0.6 is 11.8 Å². The predicted octanol–water partition coefficient (Wildman–Crippen LogP) is 1.25. The minimum atomic E-state index is -3.28. The van der Waals surface area contributed by atoms with Crippen molar-refractivity contribution in [3.05, 3.63) is 35.6 Å². The third-order valence-corrected chi connectivity index (χ3v) is 6.85. The lowest BCUT2D eigenvalue weighted by molar-refractivity contribution is 0.110. The Hall–Kier alpha value is -1.32. The molecular weight excluding hydrogens is 367 g/mol. The minimum absolute atomic E-state index is 0.203. The highest BCUT2D eigenvalue weighted by Gasteiger charge is 2.40. The fraction of sp³-hybridized carbons (Fsp3) is 0.562. The van der Waals surface area contributed by atoms with E-state index in [-0.39, 0.29) is 23.4 Å². The minimum Gasteiger partial charge on any atom is -0.390 e. The molecule has 0 bridgehead atoms. The SMILES string of the molecule is CN(C(=O)NCCCSCc1ccc(F)cc1)C1CS(=O)(=O)CC1O. The normalized spacial score (nSPS) is 21.9. The largest absolute Gasteiger partial charge is 0.390 e. The lowest BCUT2D eigenvalue weighted by atomic mass is 10.2. The fourth-order valence-electron chi connectivity index (χ4n) is 2.60. The number of rotatable bonds is 7. The van der Waals surface area contributed by atoms with Crippen molar-refractivity contribution in [1.29, 1.82) is 0 Å². The molecular formula is C16H23FN2O4S2. The Morgan fingerprint density at radius 3 is 2.64 bits per heavy atom. The first-order valence-electron chi connectivity index (χ1n) is 8.00. The van der Waals surface area contributed by atoms with Crippen LogP contribution in [0, 0.1) is 5.82 Å². The van der Waals surface area contributed by atoms with Crippen molar-refractivity contribution in [1.82, 2.24) is 10.2 Å². The van der Waals surface area contributed by atoms with E-state index in [0.717, 1.165) is 23.5 Å². The van der Waals surface area contributed by atoms with Crippen LogP contribution < -0.4 is 5.32 Å². The van der Waals surface area contributed by atoms with Gasteiger partial charge in [-0.1, -0.05) is 12.1 Å². The summed E-state index contributed by atoms with van der Waals surface area (Å²) in [4.78, 5) is 13.3. The van der Waals surface area contributed by atoms with E-state index in [0.29, 0.717) is 6.54 Å². The van der Waals surface area contributed by atoms with Gasteiger partial charge in [-0.3, -0.25) is 0 Å². The number of carbonyl (C=O) groups excluding carboxylic acids is 1. The van der Waals surface area contributed by atoms with Crippen LogP contribution in [0.2, 0.25) is 0 Å². The summed E-state index contributed by atoms with van der Waals surface area (Å²) in [6.45, 7) is 0.467. The number of sulfone groups is 1. The smallest absolute Gasteiger partial charge is 0.317 e. The Bertz CT molecular complexity index is 682. The van der Waals surface area contributed by atoms with Gasteiger partial charge in [0, 0.05) is 19.3 Å². The van der Waals surface area contributed by atoms with Crippen molar-refractivity contribution < 1.29 is 22.7 Å². The number of hydrogen-bond acceptors (Lipinski definition) is 5. The second-order valence-electron chi connectivity index (χ2n) is 6.09. The molecule has 0 aromatic heterocycles. The molecule has 1 aliphatic heterocycles. The molecule has 2 N–H and O–H groups in total. The summed E-state index contributed by atoms with van der Waals surface area (Å²) in [5, 5.41) is 12.5. The number of hydrogen-bond donors (Lipinski definition) is 2. The lowest BCUT2D eigenvalue weighted by Crippen LogP contribution is -2.48. The molecule has 25 heavy (non-hydrogen) atoms. The van der Waals surface area contributed by atoms with Crippen molar-refractivity contribution in [2.75, 3.05) is 30.9 Å². The highest BCUT2D eigenvalue weighted by atomic mass is 32.2. The zero-order valence-electron chi connectivity index (χ0n) is 14.0. The van der Waals surface area contributed by atoms with Crippen LogP contribution in [-0.4, -0.2) is 67.5 Å². The highest BCUT2D eigenvalue weighted by Crippen LogP contribution is 2.17. The first-order chi connectivity index (χ1) is 11.8. The fourth-order valence-corrected chi connectivity index (χ4v) is 5.36. The molecule has 0 radical (unpaired) electrons. The summed E-state index contributed by atoms with van der Waals surface area (Å²) in [5.74, 6) is 0.865. The average molecular weight is 391 g/mol. The molecule has 1 aliphatic rings. The number of nitrogens with zero attached hydrogens (tertiary/aromatic N) is 1. The monoisotopic (exact) mass is 390 g/mol.